The predicted molar refractivity (Wildman–Crippen MR) is 57.2 cm³/mol. The molecular weight excluding hydrogens is 301 g/mol. The number of nitro groups is 1. The Labute approximate surface area is 93.4 Å². The summed E-state index contributed by atoms with van der Waals surface area (Å²) in [7, 11) is 1.19. The number of nitro benzene ring substituents is 1. The van der Waals surface area contributed by atoms with Gasteiger partial charge in [-0.15, -0.1) is 0 Å². The molecule has 1 aromatic rings. The SMILES string of the molecule is COC(=O)c1cccc(I)c1[N+](=O)[O-]. The zero-order chi connectivity index (χ0) is 10.7. The largest absolute Gasteiger partial charge is 0.465 e. The molecule has 1 aromatic carbocycles. The van der Waals surface area contributed by atoms with Crippen molar-refractivity contribution in [2.75, 3.05) is 7.11 Å². The minimum absolute atomic E-state index is 0.0237. The van der Waals surface area contributed by atoms with Gasteiger partial charge in [0.25, 0.3) is 5.69 Å². The molecule has 0 atom stereocenters. The third kappa shape index (κ3) is 2.00. The number of methoxy groups -OCH3 is 1. The minimum atomic E-state index is -0.699. The van der Waals surface area contributed by atoms with Crippen molar-refractivity contribution in [3.05, 3.63) is 37.4 Å². The van der Waals surface area contributed by atoms with E-state index in [0.717, 1.165) is 0 Å². The Morgan fingerprint density at radius 1 is 1.57 bits per heavy atom. The van der Waals surface area contributed by atoms with Crippen LogP contribution in [0.15, 0.2) is 18.2 Å². The molecule has 14 heavy (non-hydrogen) atoms. The van der Waals surface area contributed by atoms with Gasteiger partial charge in [0.15, 0.2) is 0 Å². The maximum atomic E-state index is 11.2. The fourth-order valence-corrected chi connectivity index (χ4v) is 1.67. The summed E-state index contributed by atoms with van der Waals surface area (Å²) in [6, 6.07) is 4.50. The van der Waals surface area contributed by atoms with E-state index in [1.54, 1.807) is 34.7 Å². The third-order valence-electron chi connectivity index (χ3n) is 1.57. The van der Waals surface area contributed by atoms with Crippen LogP contribution in [0.4, 0.5) is 5.69 Å². The molecule has 1 rings (SSSR count). The van der Waals surface area contributed by atoms with Crippen molar-refractivity contribution < 1.29 is 14.5 Å². The Hall–Kier alpha value is -1.18. The van der Waals surface area contributed by atoms with Crippen molar-refractivity contribution in [2.24, 2.45) is 0 Å². The van der Waals surface area contributed by atoms with Gasteiger partial charge in [0, 0.05) is 0 Å². The summed E-state index contributed by atoms with van der Waals surface area (Å²) in [4.78, 5) is 21.2. The second kappa shape index (κ2) is 4.36. The molecule has 74 valence electrons. The molecule has 0 aliphatic carbocycles. The number of benzene rings is 1. The van der Waals surface area contributed by atoms with Crippen molar-refractivity contribution >= 4 is 34.2 Å². The number of para-hydroxylation sites is 1. The van der Waals surface area contributed by atoms with Crippen LogP contribution < -0.4 is 0 Å². The number of carbonyl (C=O) groups is 1. The molecule has 0 fully saturated rings. The summed E-state index contributed by atoms with van der Waals surface area (Å²) >= 11 is 1.80. The normalized spacial score (nSPS) is 9.57. The first-order chi connectivity index (χ1) is 6.57. The van der Waals surface area contributed by atoms with E-state index in [2.05, 4.69) is 4.74 Å². The summed E-state index contributed by atoms with van der Waals surface area (Å²) in [6.07, 6.45) is 0. The molecule has 0 bridgehead atoms. The summed E-state index contributed by atoms with van der Waals surface area (Å²) < 4.78 is 4.85. The van der Waals surface area contributed by atoms with Crippen LogP contribution >= 0.6 is 22.6 Å². The quantitative estimate of drug-likeness (QED) is 0.362. The zero-order valence-corrected chi connectivity index (χ0v) is 9.35. The number of rotatable bonds is 2. The maximum absolute atomic E-state index is 11.2. The van der Waals surface area contributed by atoms with Crippen LogP contribution in [0.3, 0.4) is 0 Å². The lowest BCUT2D eigenvalue weighted by molar-refractivity contribution is -0.386. The van der Waals surface area contributed by atoms with E-state index in [9.17, 15) is 14.9 Å². The average Bonchev–Trinajstić information content (AvgIpc) is 2.15. The Balaban J connectivity index is 3.35. The number of ether oxygens (including phenoxy) is 1. The van der Waals surface area contributed by atoms with Gasteiger partial charge in [-0.25, -0.2) is 4.79 Å². The highest BCUT2D eigenvalue weighted by molar-refractivity contribution is 14.1. The summed E-state index contributed by atoms with van der Waals surface area (Å²) in [5, 5.41) is 10.7. The molecule has 0 saturated heterocycles. The van der Waals surface area contributed by atoms with E-state index in [1.807, 2.05) is 0 Å². The van der Waals surface area contributed by atoms with Gasteiger partial charge in [-0.05, 0) is 34.7 Å². The van der Waals surface area contributed by atoms with E-state index in [0.29, 0.717) is 3.57 Å². The fraction of sp³-hybridized carbons (Fsp3) is 0.125. The van der Waals surface area contributed by atoms with Crippen LogP contribution in [-0.4, -0.2) is 18.0 Å². The van der Waals surface area contributed by atoms with Crippen molar-refractivity contribution in [2.45, 2.75) is 0 Å². The Bertz CT molecular complexity index is 391. The van der Waals surface area contributed by atoms with Crippen LogP contribution in [0.2, 0.25) is 0 Å². The molecule has 0 aromatic heterocycles. The molecule has 0 radical (unpaired) electrons. The maximum Gasteiger partial charge on any atom is 0.344 e. The van der Waals surface area contributed by atoms with Gasteiger partial charge < -0.3 is 4.74 Å². The number of hydrogen-bond acceptors (Lipinski definition) is 4. The minimum Gasteiger partial charge on any atom is -0.465 e. The average molecular weight is 307 g/mol. The van der Waals surface area contributed by atoms with Crippen molar-refractivity contribution in [1.29, 1.82) is 0 Å². The van der Waals surface area contributed by atoms with Crippen LogP contribution in [0.1, 0.15) is 10.4 Å². The van der Waals surface area contributed by atoms with E-state index in [-0.39, 0.29) is 11.3 Å². The summed E-state index contributed by atoms with van der Waals surface area (Å²) in [5.41, 5.74) is -0.232. The van der Waals surface area contributed by atoms with Crippen LogP contribution in [0.25, 0.3) is 0 Å². The zero-order valence-electron chi connectivity index (χ0n) is 7.19. The standard InChI is InChI=1S/C8H6INO4/c1-14-8(11)5-3-2-4-6(9)7(5)10(12)13/h2-4H,1H3. The van der Waals surface area contributed by atoms with E-state index >= 15 is 0 Å². The molecule has 0 saturated carbocycles. The topological polar surface area (TPSA) is 69.4 Å². The number of esters is 1. The van der Waals surface area contributed by atoms with Gasteiger partial charge in [-0.1, -0.05) is 6.07 Å². The number of carbonyl (C=O) groups excluding carboxylic acids is 1. The molecule has 0 amide bonds. The second-order valence-corrected chi connectivity index (χ2v) is 3.55. The van der Waals surface area contributed by atoms with Gasteiger partial charge in [-0.3, -0.25) is 10.1 Å². The molecule has 6 heteroatoms. The van der Waals surface area contributed by atoms with Crippen LogP contribution in [-0.2, 0) is 4.74 Å². The molecule has 0 aliphatic heterocycles. The Kier molecular flexibility index (Phi) is 3.39. The molecule has 0 heterocycles. The summed E-state index contributed by atoms with van der Waals surface area (Å²) in [6.45, 7) is 0. The van der Waals surface area contributed by atoms with E-state index < -0.39 is 10.9 Å². The molecule has 5 nitrogen and oxygen atoms in total. The van der Waals surface area contributed by atoms with Crippen molar-refractivity contribution in [1.82, 2.24) is 0 Å². The first-order valence-electron chi connectivity index (χ1n) is 3.59. The smallest absolute Gasteiger partial charge is 0.344 e. The molecule has 0 spiro atoms. The Morgan fingerprint density at radius 2 is 2.21 bits per heavy atom. The van der Waals surface area contributed by atoms with E-state index in [4.69, 9.17) is 0 Å². The van der Waals surface area contributed by atoms with Gasteiger partial charge in [0.1, 0.15) is 5.56 Å². The molecule has 0 N–H and O–H groups in total. The van der Waals surface area contributed by atoms with Crippen molar-refractivity contribution in [3.63, 3.8) is 0 Å². The lowest BCUT2D eigenvalue weighted by Crippen LogP contribution is -2.06. The molecule has 0 aliphatic rings. The number of halogens is 1. The van der Waals surface area contributed by atoms with Gasteiger partial charge in [0.05, 0.1) is 15.6 Å². The first kappa shape index (κ1) is 10.9. The molecule has 0 unspecified atom stereocenters. The lowest BCUT2D eigenvalue weighted by atomic mass is 10.2. The monoisotopic (exact) mass is 307 g/mol. The van der Waals surface area contributed by atoms with E-state index in [1.165, 1.54) is 13.2 Å². The van der Waals surface area contributed by atoms with Gasteiger partial charge >= 0.3 is 5.97 Å². The highest BCUT2D eigenvalue weighted by Gasteiger charge is 2.23. The van der Waals surface area contributed by atoms with Gasteiger partial charge in [-0.2, -0.15) is 0 Å². The summed E-state index contributed by atoms with van der Waals surface area (Å²) in [5.74, 6) is -0.699. The second-order valence-electron chi connectivity index (χ2n) is 2.38. The lowest BCUT2D eigenvalue weighted by Gasteiger charge is -2.01. The highest BCUT2D eigenvalue weighted by Crippen LogP contribution is 2.25. The van der Waals surface area contributed by atoms with Gasteiger partial charge in [0.2, 0.25) is 0 Å². The van der Waals surface area contributed by atoms with Crippen LogP contribution in [0, 0.1) is 13.7 Å². The number of hydrogen-bond donors (Lipinski definition) is 0. The third-order valence-corrected chi connectivity index (χ3v) is 2.45. The Morgan fingerprint density at radius 3 is 2.71 bits per heavy atom. The predicted octanol–water partition coefficient (Wildman–Crippen LogP) is 1.99. The highest BCUT2D eigenvalue weighted by atomic mass is 127. The molecular formula is C8H6INO4. The fourth-order valence-electron chi connectivity index (χ4n) is 0.976. The number of nitrogens with zero attached hydrogens (tertiary/aromatic N) is 1. The van der Waals surface area contributed by atoms with Crippen molar-refractivity contribution in [3.8, 4) is 0 Å². The van der Waals surface area contributed by atoms with Crippen LogP contribution in [0.5, 0.6) is 0 Å². The first-order valence-corrected chi connectivity index (χ1v) is 4.67.